The van der Waals surface area contributed by atoms with Gasteiger partial charge in [0, 0.05) is 63.0 Å². The average molecular weight is 650 g/mol. The summed E-state index contributed by atoms with van der Waals surface area (Å²) in [6.45, 7) is 4.77. The van der Waals surface area contributed by atoms with Crippen LogP contribution >= 0.6 is 22.7 Å². The highest BCUT2D eigenvalue weighted by atomic mass is 32.1. The molecule has 6 aromatic carbocycles. The van der Waals surface area contributed by atoms with E-state index in [4.69, 9.17) is 9.97 Å². The summed E-state index contributed by atoms with van der Waals surface area (Å²) < 4.78 is 6.37. The third-order valence-corrected chi connectivity index (χ3v) is 12.8. The molecule has 11 rings (SSSR count). The molecule has 0 amide bonds. The quantitative estimate of drug-likeness (QED) is 0.187. The van der Waals surface area contributed by atoms with Crippen LogP contribution in [0.1, 0.15) is 25.0 Å². The Morgan fingerprint density at radius 1 is 0.562 bits per heavy atom. The molecular weight excluding hydrogens is 623 g/mol. The van der Waals surface area contributed by atoms with Crippen molar-refractivity contribution in [2.75, 3.05) is 0 Å². The molecule has 226 valence electrons. The third-order valence-electron chi connectivity index (χ3n) is 10.4. The molecule has 10 aromatic rings. The lowest BCUT2D eigenvalue weighted by atomic mass is 9.72. The maximum Gasteiger partial charge on any atom is 0.161 e. The van der Waals surface area contributed by atoms with Crippen LogP contribution in [0.2, 0.25) is 0 Å². The number of benzene rings is 6. The molecule has 0 saturated carbocycles. The van der Waals surface area contributed by atoms with Crippen molar-refractivity contribution < 1.29 is 0 Å². The lowest BCUT2D eigenvalue weighted by Crippen LogP contribution is -2.27. The maximum atomic E-state index is 5.51. The molecule has 0 fully saturated rings. The summed E-state index contributed by atoms with van der Waals surface area (Å²) in [5, 5.41) is 7.62. The highest BCUT2D eigenvalue weighted by Crippen LogP contribution is 2.53. The first-order valence-electron chi connectivity index (χ1n) is 16.3. The highest BCUT2D eigenvalue weighted by Gasteiger charge is 2.38. The standard InChI is InChI=1S/C43H27N3S2/c1-43(2)31-19-10-16-28-36-27-14-5-8-23-35(27)48-42(36)46(39(28)31)33-21-11-17-29(37(33)43)38-26-13-3-6-20-32(26)44-41(45-38)30-18-9-15-25-24-12-4-7-22-34(24)47-40(25)30/h3-23H,1-2H3. The zero-order valence-electron chi connectivity index (χ0n) is 26.3. The van der Waals surface area contributed by atoms with Gasteiger partial charge in [0.25, 0.3) is 0 Å². The van der Waals surface area contributed by atoms with E-state index in [1.54, 1.807) is 0 Å². The minimum absolute atomic E-state index is 0.268. The maximum absolute atomic E-state index is 5.51. The van der Waals surface area contributed by atoms with Gasteiger partial charge in [-0.15, -0.1) is 22.7 Å². The van der Waals surface area contributed by atoms with Crippen LogP contribution in [0.3, 0.4) is 0 Å². The summed E-state index contributed by atoms with van der Waals surface area (Å²) in [4.78, 5) is 12.0. The van der Waals surface area contributed by atoms with E-state index in [-0.39, 0.29) is 5.41 Å². The van der Waals surface area contributed by atoms with Crippen molar-refractivity contribution in [2.24, 2.45) is 0 Å². The largest absolute Gasteiger partial charge is 0.300 e. The number of nitrogens with zero attached hydrogens (tertiary/aromatic N) is 3. The molecule has 0 radical (unpaired) electrons. The number of thiophene rings is 2. The zero-order chi connectivity index (χ0) is 31.7. The number of hydrogen-bond acceptors (Lipinski definition) is 4. The number of para-hydroxylation sites is 2. The minimum Gasteiger partial charge on any atom is -0.300 e. The van der Waals surface area contributed by atoms with E-state index < -0.39 is 0 Å². The Hall–Kier alpha value is -5.36. The van der Waals surface area contributed by atoms with Gasteiger partial charge < -0.3 is 4.57 Å². The molecule has 5 heteroatoms. The summed E-state index contributed by atoms with van der Waals surface area (Å²) in [7, 11) is 0. The summed E-state index contributed by atoms with van der Waals surface area (Å²) in [5.41, 5.74) is 9.11. The van der Waals surface area contributed by atoms with E-state index in [1.165, 1.54) is 68.2 Å². The Labute approximate surface area is 284 Å². The van der Waals surface area contributed by atoms with Gasteiger partial charge >= 0.3 is 0 Å². The molecule has 0 aliphatic carbocycles. The van der Waals surface area contributed by atoms with E-state index in [0.29, 0.717) is 0 Å². The van der Waals surface area contributed by atoms with Crippen LogP contribution in [-0.2, 0) is 5.41 Å². The van der Waals surface area contributed by atoms with Crippen molar-refractivity contribution in [1.29, 1.82) is 0 Å². The van der Waals surface area contributed by atoms with Gasteiger partial charge in [-0.2, -0.15) is 0 Å². The van der Waals surface area contributed by atoms with E-state index in [1.807, 2.05) is 22.7 Å². The van der Waals surface area contributed by atoms with Crippen LogP contribution in [0.5, 0.6) is 0 Å². The lowest BCUT2D eigenvalue weighted by Gasteiger charge is -2.36. The van der Waals surface area contributed by atoms with Crippen LogP contribution in [0.4, 0.5) is 0 Å². The predicted molar refractivity (Wildman–Crippen MR) is 205 cm³/mol. The monoisotopic (exact) mass is 649 g/mol. The Bertz CT molecular complexity index is 2990. The van der Waals surface area contributed by atoms with Crippen molar-refractivity contribution in [1.82, 2.24) is 14.5 Å². The Morgan fingerprint density at radius 3 is 2.10 bits per heavy atom. The zero-order valence-corrected chi connectivity index (χ0v) is 27.9. The molecule has 0 unspecified atom stereocenters. The molecule has 0 atom stereocenters. The van der Waals surface area contributed by atoms with Crippen LogP contribution in [0, 0.1) is 0 Å². The molecule has 1 aliphatic rings. The van der Waals surface area contributed by atoms with Gasteiger partial charge in [0.15, 0.2) is 5.82 Å². The third kappa shape index (κ3) is 3.37. The summed E-state index contributed by atoms with van der Waals surface area (Å²) >= 11 is 3.71. The fourth-order valence-corrected chi connectivity index (χ4v) is 10.8. The lowest BCUT2D eigenvalue weighted by molar-refractivity contribution is 0.632. The van der Waals surface area contributed by atoms with Crippen molar-refractivity contribution in [3.05, 3.63) is 139 Å². The molecule has 0 saturated heterocycles. The van der Waals surface area contributed by atoms with Crippen LogP contribution in [0.25, 0.3) is 90.6 Å². The molecule has 0 bridgehead atoms. The second kappa shape index (κ2) is 9.38. The van der Waals surface area contributed by atoms with Crippen molar-refractivity contribution in [3.8, 4) is 28.3 Å². The summed E-state index contributed by atoms with van der Waals surface area (Å²) in [6, 6.07) is 46.2. The minimum atomic E-state index is -0.268. The first-order valence-corrected chi connectivity index (χ1v) is 18.0. The van der Waals surface area contributed by atoms with E-state index in [0.717, 1.165) is 33.5 Å². The number of fused-ring (bicyclic) bond motifs is 11. The summed E-state index contributed by atoms with van der Waals surface area (Å²) in [6.07, 6.45) is 0. The van der Waals surface area contributed by atoms with Gasteiger partial charge in [0.1, 0.15) is 4.83 Å². The second-order valence-electron chi connectivity index (χ2n) is 13.3. The second-order valence-corrected chi connectivity index (χ2v) is 15.4. The van der Waals surface area contributed by atoms with Gasteiger partial charge in [-0.3, -0.25) is 0 Å². The molecule has 4 aromatic heterocycles. The fraction of sp³-hybridized carbons (Fsp3) is 0.0698. The van der Waals surface area contributed by atoms with Gasteiger partial charge in [-0.25, -0.2) is 9.97 Å². The number of aromatic nitrogens is 3. The van der Waals surface area contributed by atoms with Crippen LogP contribution < -0.4 is 0 Å². The molecule has 5 heterocycles. The first-order chi connectivity index (χ1) is 23.6. The molecule has 0 N–H and O–H groups in total. The molecular formula is C43H27N3S2. The van der Waals surface area contributed by atoms with Crippen molar-refractivity contribution in [3.63, 3.8) is 0 Å². The topological polar surface area (TPSA) is 30.7 Å². The first kappa shape index (κ1) is 26.7. The van der Waals surface area contributed by atoms with Crippen LogP contribution in [-0.4, -0.2) is 14.5 Å². The SMILES string of the molecule is CC1(C)c2c(-c3nc(-c4cccc5c4sc4ccccc45)nc4ccccc34)cccc2-n2c3sc4ccccc4c3c3cccc1c32. The van der Waals surface area contributed by atoms with Crippen molar-refractivity contribution in [2.45, 2.75) is 19.3 Å². The predicted octanol–water partition coefficient (Wildman–Crippen LogP) is 12.3. The van der Waals surface area contributed by atoms with Crippen molar-refractivity contribution >= 4 is 85.0 Å². The smallest absolute Gasteiger partial charge is 0.161 e. The Morgan fingerprint density at radius 2 is 1.23 bits per heavy atom. The number of rotatable bonds is 2. The average Bonchev–Trinajstić information content (AvgIpc) is 3.79. The molecule has 0 spiro atoms. The van der Waals surface area contributed by atoms with Crippen LogP contribution in [0.15, 0.2) is 127 Å². The Kier molecular flexibility index (Phi) is 5.21. The molecule has 1 aliphatic heterocycles. The normalized spacial score (nSPS) is 13.8. The van der Waals surface area contributed by atoms with Gasteiger partial charge in [0.05, 0.1) is 22.4 Å². The van der Waals surface area contributed by atoms with E-state index in [9.17, 15) is 0 Å². The number of hydrogen-bond donors (Lipinski definition) is 0. The van der Waals surface area contributed by atoms with E-state index >= 15 is 0 Å². The van der Waals surface area contributed by atoms with Gasteiger partial charge in [-0.05, 0) is 41.5 Å². The molecule has 3 nitrogen and oxygen atoms in total. The van der Waals surface area contributed by atoms with Gasteiger partial charge in [-0.1, -0.05) is 111 Å². The highest BCUT2D eigenvalue weighted by molar-refractivity contribution is 7.26. The summed E-state index contributed by atoms with van der Waals surface area (Å²) in [5.74, 6) is 0.766. The van der Waals surface area contributed by atoms with E-state index in [2.05, 4.69) is 146 Å². The fourth-order valence-electron chi connectivity index (χ4n) is 8.31. The Balaban J connectivity index is 1.24. The molecule has 48 heavy (non-hydrogen) atoms. The van der Waals surface area contributed by atoms with Gasteiger partial charge in [0.2, 0.25) is 0 Å².